The fraction of sp³-hybridized carbons (Fsp3) is 0.375. The van der Waals surface area contributed by atoms with Crippen LogP contribution in [0.4, 0.5) is 0 Å². The van der Waals surface area contributed by atoms with Crippen LogP contribution in [-0.2, 0) is 6.54 Å². The van der Waals surface area contributed by atoms with Crippen LogP contribution in [0.3, 0.4) is 0 Å². The number of nitrogens with zero attached hydrogens (tertiary/aromatic N) is 1. The smallest absolute Gasteiger partial charge is 0.106 e. The number of hydrogen-bond donors (Lipinski definition) is 1. The summed E-state index contributed by atoms with van der Waals surface area (Å²) >= 11 is 4.99. The van der Waals surface area contributed by atoms with Gasteiger partial charge in [-0.15, -0.1) is 0 Å². The van der Waals surface area contributed by atoms with Gasteiger partial charge in [0.15, 0.2) is 0 Å². The van der Waals surface area contributed by atoms with Crippen molar-refractivity contribution >= 4 is 27.7 Å². The van der Waals surface area contributed by atoms with Crippen LogP contribution in [0, 0.1) is 0 Å². The topological polar surface area (TPSA) is 38.9 Å². The van der Waals surface area contributed by atoms with Crippen LogP contribution in [-0.4, -0.2) is 17.5 Å². The molecular weight excluding hydrogens is 236 g/mol. The van der Waals surface area contributed by atoms with Crippen molar-refractivity contribution in [3.63, 3.8) is 0 Å². The van der Waals surface area contributed by atoms with Crippen molar-refractivity contribution < 1.29 is 0 Å². The maximum absolute atomic E-state index is 5.34. The minimum Gasteiger partial charge on any atom is -0.325 e. The molecule has 2 nitrogen and oxygen atoms in total. The average molecular weight is 249 g/mol. The zero-order valence-electron chi connectivity index (χ0n) is 7.25. The van der Waals surface area contributed by atoms with Gasteiger partial charge in [0.25, 0.3) is 0 Å². The molecule has 68 valence electrons. The van der Waals surface area contributed by atoms with Gasteiger partial charge in [0.2, 0.25) is 0 Å². The lowest BCUT2D eigenvalue weighted by Gasteiger charge is -1.93. The fourth-order valence-electron chi connectivity index (χ4n) is 0.564. The first-order valence-corrected chi connectivity index (χ1v) is 5.88. The first-order valence-electron chi connectivity index (χ1n) is 3.46. The summed E-state index contributed by atoms with van der Waals surface area (Å²) in [5, 5.41) is 0. The molecule has 0 atom stereocenters. The zero-order valence-corrected chi connectivity index (χ0v) is 9.65. The number of thioether (sulfide) groups is 1. The molecule has 0 radical (unpaired) electrons. The van der Waals surface area contributed by atoms with E-state index < -0.39 is 0 Å². The van der Waals surface area contributed by atoms with E-state index in [4.69, 9.17) is 5.73 Å². The maximum atomic E-state index is 5.34. The Labute approximate surface area is 86.1 Å². The molecule has 1 rings (SSSR count). The molecule has 1 heterocycles. The maximum Gasteiger partial charge on any atom is 0.106 e. The first kappa shape index (κ1) is 11.9. The molecule has 0 bridgehead atoms. The van der Waals surface area contributed by atoms with Crippen molar-refractivity contribution in [3.8, 4) is 0 Å². The lowest BCUT2D eigenvalue weighted by atomic mass is 10.4. The van der Waals surface area contributed by atoms with Crippen molar-refractivity contribution in [1.29, 1.82) is 0 Å². The van der Waals surface area contributed by atoms with Crippen LogP contribution < -0.4 is 5.73 Å². The van der Waals surface area contributed by atoms with Crippen molar-refractivity contribution in [2.24, 2.45) is 5.73 Å². The van der Waals surface area contributed by atoms with Gasteiger partial charge in [-0.1, -0.05) is 6.07 Å². The van der Waals surface area contributed by atoms with Crippen molar-refractivity contribution in [1.82, 2.24) is 4.98 Å². The number of hydrogen-bond acceptors (Lipinski definition) is 3. The van der Waals surface area contributed by atoms with Gasteiger partial charge >= 0.3 is 0 Å². The van der Waals surface area contributed by atoms with Crippen LogP contribution in [0.25, 0.3) is 0 Å². The number of halogens is 1. The molecule has 0 aromatic carbocycles. The predicted molar refractivity (Wildman–Crippen MR) is 59.3 cm³/mol. The Kier molecular flexibility index (Phi) is 7.54. The van der Waals surface area contributed by atoms with Gasteiger partial charge in [0.1, 0.15) is 4.60 Å². The third-order valence-corrected chi connectivity index (χ3v) is 1.42. The van der Waals surface area contributed by atoms with Crippen LogP contribution in [0.1, 0.15) is 5.69 Å². The molecule has 0 aliphatic carbocycles. The van der Waals surface area contributed by atoms with E-state index in [2.05, 4.69) is 20.9 Å². The SMILES string of the molecule is CSC.NCc1cccc(Br)n1. The zero-order chi connectivity index (χ0) is 9.40. The van der Waals surface area contributed by atoms with Gasteiger partial charge in [-0.25, -0.2) is 4.98 Å². The summed E-state index contributed by atoms with van der Waals surface area (Å²) in [6, 6.07) is 5.68. The van der Waals surface area contributed by atoms with Gasteiger partial charge in [0, 0.05) is 6.54 Å². The molecule has 2 N–H and O–H groups in total. The van der Waals surface area contributed by atoms with E-state index in [1.807, 2.05) is 30.7 Å². The molecule has 1 aromatic rings. The monoisotopic (exact) mass is 248 g/mol. The van der Waals surface area contributed by atoms with E-state index in [0.717, 1.165) is 10.3 Å². The van der Waals surface area contributed by atoms with Gasteiger partial charge in [-0.3, -0.25) is 0 Å². The summed E-state index contributed by atoms with van der Waals surface area (Å²) in [5.41, 5.74) is 6.24. The Bertz CT molecular complexity index is 218. The van der Waals surface area contributed by atoms with Gasteiger partial charge in [-0.2, -0.15) is 11.8 Å². The highest BCUT2D eigenvalue weighted by molar-refractivity contribution is 9.10. The summed E-state index contributed by atoms with van der Waals surface area (Å²) in [6.07, 6.45) is 4.08. The van der Waals surface area contributed by atoms with E-state index in [1.165, 1.54) is 0 Å². The van der Waals surface area contributed by atoms with E-state index in [1.54, 1.807) is 11.8 Å². The first-order chi connectivity index (χ1) is 5.74. The average Bonchev–Trinajstić information content (AvgIpc) is 2.06. The normalized spacial score (nSPS) is 8.67. The fourth-order valence-corrected chi connectivity index (χ4v) is 0.944. The summed E-state index contributed by atoms with van der Waals surface area (Å²) in [6.45, 7) is 0.499. The third kappa shape index (κ3) is 5.57. The minimum absolute atomic E-state index is 0.499. The highest BCUT2D eigenvalue weighted by Crippen LogP contribution is 2.04. The number of aromatic nitrogens is 1. The summed E-state index contributed by atoms with van der Waals surface area (Å²) in [5.74, 6) is 0. The van der Waals surface area contributed by atoms with E-state index >= 15 is 0 Å². The van der Waals surface area contributed by atoms with Gasteiger partial charge < -0.3 is 5.73 Å². The largest absolute Gasteiger partial charge is 0.325 e. The summed E-state index contributed by atoms with van der Waals surface area (Å²) in [7, 11) is 0. The van der Waals surface area contributed by atoms with Gasteiger partial charge in [-0.05, 0) is 40.6 Å². The molecular formula is C8H13BrN2S. The Morgan fingerprint density at radius 1 is 1.50 bits per heavy atom. The quantitative estimate of drug-likeness (QED) is 0.776. The van der Waals surface area contributed by atoms with Crippen molar-refractivity contribution in [2.75, 3.05) is 12.5 Å². The lowest BCUT2D eigenvalue weighted by Crippen LogP contribution is -1.98. The second-order valence-electron chi connectivity index (χ2n) is 2.06. The third-order valence-electron chi connectivity index (χ3n) is 0.982. The van der Waals surface area contributed by atoms with Crippen LogP contribution in [0.2, 0.25) is 0 Å². The van der Waals surface area contributed by atoms with Crippen LogP contribution in [0.15, 0.2) is 22.8 Å². The van der Waals surface area contributed by atoms with Crippen LogP contribution >= 0.6 is 27.7 Å². The number of nitrogens with two attached hydrogens (primary N) is 1. The Morgan fingerprint density at radius 2 is 2.08 bits per heavy atom. The number of rotatable bonds is 1. The lowest BCUT2D eigenvalue weighted by molar-refractivity contribution is 0.980. The second kappa shape index (κ2) is 7.58. The van der Waals surface area contributed by atoms with E-state index in [9.17, 15) is 0 Å². The molecule has 0 aliphatic rings. The van der Waals surface area contributed by atoms with Crippen molar-refractivity contribution in [2.45, 2.75) is 6.54 Å². The molecule has 0 saturated heterocycles. The summed E-state index contributed by atoms with van der Waals surface area (Å²) < 4.78 is 0.838. The minimum atomic E-state index is 0.499. The second-order valence-corrected chi connectivity index (χ2v) is 3.69. The van der Waals surface area contributed by atoms with Crippen LogP contribution in [0.5, 0.6) is 0 Å². The molecule has 0 spiro atoms. The highest BCUT2D eigenvalue weighted by Gasteiger charge is 1.88. The molecule has 1 aromatic heterocycles. The standard InChI is InChI=1S/C6H7BrN2.C2H6S/c7-6-3-1-2-5(4-8)9-6;1-3-2/h1-3H,4,8H2;1-2H3. The molecule has 0 amide bonds. The molecule has 0 saturated carbocycles. The van der Waals surface area contributed by atoms with E-state index in [0.29, 0.717) is 6.54 Å². The van der Waals surface area contributed by atoms with Gasteiger partial charge in [0.05, 0.1) is 5.69 Å². The Balaban J connectivity index is 0.000000354. The predicted octanol–water partition coefficient (Wildman–Crippen LogP) is 2.28. The Hall–Kier alpha value is -0.0600. The summed E-state index contributed by atoms with van der Waals surface area (Å²) in [4.78, 5) is 4.08. The van der Waals surface area contributed by atoms with E-state index in [-0.39, 0.29) is 0 Å². The Morgan fingerprint density at radius 3 is 2.42 bits per heavy atom. The highest BCUT2D eigenvalue weighted by atomic mass is 79.9. The van der Waals surface area contributed by atoms with Crippen molar-refractivity contribution in [3.05, 3.63) is 28.5 Å². The molecule has 0 unspecified atom stereocenters. The molecule has 12 heavy (non-hydrogen) atoms. The molecule has 0 aliphatic heterocycles. The molecule has 4 heteroatoms. The molecule has 0 fully saturated rings. The number of pyridine rings is 1.